The minimum atomic E-state index is -0.898. The first-order valence-corrected chi connectivity index (χ1v) is 5.78. The molecule has 0 bridgehead atoms. The molecule has 1 aromatic rings. The van der Waals surface area contributed by atoms with Crippen molar-refractivity contribution >= 4 is 5.97 Å². The van der Waals surface area contributed by atoms with Crippen LogP contribution in [0.3, 0.4) is 0 Å². The third kappa shape index (κ3) is 3.21. The number of ether oxygens (including phenoxy) is 2. The van der Waals surface area contributed by atoms with Gasteiger partial charge < -0.3 is 19.7 Å². The first-order chi connectivity index (χ1) is 8.47. The molecule has 1 saturated heterocycles. The van der Waals surface area contributed by atoms with Crippen LogP contribution >= 0.6 is 0 Å². The monoisotopic (exact) mass is 252 g/mol. The van der Waals surface area contributed by atoms with E-state index in [1.807, 2.05) is 6.07 Å². The summed E-state index contributed by atoms with van der Waals surface area (Å²) in [6.07, 6.45) is -0.00234. The lowest BCUT2D eigenvalue weighted by Crippen LogP contribution is -2.30. The van der Waals surface area contributed by atoms with E-state index in [2.05, 4.69) is 0 Å². The molecule has 2 rings (SSSR count). The summed E-state index contributed by atoms with van der Waals surface area (Å²) in [6.45, 7) is 2.06. The maximum absolute atomic E-state index is 10.6. The van der Waals surface area contributed by atoms with Crippen LogP contribution < -0.4 is 0 Å². The van der Waals surface area contributed by atoms with Gasteiger partial charge in [-0.05, 0) is 24.6 Å². The second kappa shape index (κ2) is 4.96. The van der Waals surface area contributed by atoms with Gasteiger partial charge in [0, 0.05) is 6.42 Å². The second-order valence-electron chi connectivity index (χ2n) is 4.63. The molecule has 1 aliphatic heterocycles. The molecule has 1 aromatic carbocycles. The van der Waals surface area contributed by atoms with Gasteiger partial charge in [-0.3, -0.25) is 4.79 Å². The average Bonchev–Trinajstić information content (AvgIpc) is 2.58. The highest BCUT2D eigenvalue weighted by Gasteiger charge is 2.38. The molecule has 0 radical (unpaired) electrons. The Morgan fingerprint density at radius 1 is 1.56 bits per heavy atom. The van der Waals surface area contributed by atoms with Crippen LogP contribution in [-0.4, -0.2) is 34.7 Å². The fraction of sp³-hybridized carbons (Fsp3) is 0.462. The van der Waals surface area contributed by atoms with Gasteiger partial charge in [0.1, 0.15) is 5.75 Å². The number of carbonyl (C=O) groups is 1. The second-order valence-corrected chi connectivity index (χ2v) is 4.63. The fourth-order valence-electron chi connectivity index (χ4n) is 2.12. The molecule has 2 N–H and O–H groups in total. The Labute approximate surface area is 105 Å². The van der Waals surface area contributed by atoms with Gasteiger partial charge in [0.25, 0.3) is 0 Å². The molecule has 0 saturated carbocycles. The highest BCUT2D eigenvalue weighted by molar-refractivity contribution is 5.67. The van der Waals surface area contributed by atoms with Gasteiger partial charge in [0.05, 0.1) is 19.1 Å². The number of benzene rings is 1. The number of hydrogen-bond acceptors (Lipinski definition) is 4. The number of phenols is 1. The first kappa shape index (κ1) is 12.9. The molecule has 98 valence electrons. The van der Waals surface area contributed by atoms with Gasteiger partial charge in [0.2, 0.25) is 0 Å². The Kier molecular flexibility index (Phi) is 3.54. The van der Waals surface area contributed by atoms with E-state index in [0.717, 1.165) is 5.56 Å². The van der Waals surface area contributed by atoms with Crippen LogP contribution in [0.25, 0.3) is 0 Å². The summed E-state index contributed by atoms with van der Waals surface area (Å²) in [4.78, 5) is 10.6. The number of hydrogen-bond donors (Lipinski definition) is 2. The molecule has 2 atom stereocenters. The highest BCUT2D eigenvalue weighted by Crippen LogP contribution is 2.29. The van der Waals surface area contributed by atoms with E-state index in [-0.39, 0.29) is 18.8 Å². The lowest BCUT2D eigenvalue weighted by molar-refractivity contribution is -0.158. The molecular formula is C13H16O5. The van der Waals surface area contributed by atoms with Gasteiger partial charge in [0.15, 0.2) is 5.79 Å². The van der Waals surface area contributed by atoms with Crippen molar-refractivity contribution in [2.24, 2.45) is 0 Å². The van der Waals surface area contributed by atoms with Crippen LogP contribution in [0.4, 0.5) is 0 Å². The Morgan fingerprint density at radius 2 is 2.33 bits per heavy atom. The Balaban J connectivity index is 1.99. The van der Waals surface area contributed by atoms with Crippen LogP contribution in [0.15, 0.2) is 24.3 Å². The zero-order valence-corrected chi connectivity index (χ0v) is 10.1. The lowest BCUT2D eigenvalue weighted by Gasteiger charge is -2.23. The van der Waals surface area contributed by atoms with Crippen molar-refractivity contribution in [1.29, 1.82) is 0 Å². The summed E-state index contributed by atoms with van der Waals surface area (Å²) in [5.74, 6) is -1.53. The molecule has 0 amide bonds. The van der Waals surface area contributed by atoms with Gasteiger partial charge in [-0.2, -0.15) is 0 Å². The predicted molar refractivity (Wildman–Crippen MR) is 63.3 cm³/mol. The van der Waals surface area contributed by atoms with Crippen LogP contribution in [-0.2, 0) is 20.7 Å². The van der Waals surface area contributed by atoms with Crippen molar-refractivity contribution in [3.8, 4) is 5.75 Å². The van der Waals surface area contributed by atoms with E-state index in [1.165, 1.54) is 0 Å². The van der Waals surface area contributed by atoms with Crippen molar-refractivity contribution in [3.63, 3.8) is 0 Å². The summed E-state index contributed by atoms with van der Waals surface area (Å²) in [5.41, 5.74) is 0.883. The van der Waals surface area contributed by atoms with Crippen molar-refractivity contribution in [1.82, 2.24) is 0 Å². The summed E-state index contributed by atoms with van der Waals surface area (Å²) in [5, 5.41) is 18.1. The molecule has 1 heterocycles. The molecule has 0 aromatic heterocycles. The zero-order valence-electron chi connectivity index (χ0n) is 10.1. The minimum Gasteiger partial charge on any atom is -0.508 e. The largest absolute Gasteiger partial charge is 0.508 e. The van der Waals surface area contributed by atoms with E-state index < -0.39 is 17.9 Å². The fourth-order valence-corrected chi connectivity index (χ4v) is 2.12. The number of phenolic OH excluding ortho intramolecular Hbond substituents is 1. The van der Waals surface area contributed by atoms with Crippen molar-refractivity contribution in [3.05, 3.63) is 29.8 Å². The third-order valence-electron chi connectivity index (χ3n) is 2.83. The topological polar surface area (TPSA) is 76.0 Å². The molecule has 1 aliphatic rings. The third-order valence-corrected chi connectivity index (χ3v) is 2.83. The Bertz CT molecular complexity index is 445. The summed E-state index contributed by atoms with van der Waals surface area (Å²) in [7, 11) is 0. The smallest absolute Gasteiger partial charge is 0.306 e. The van der Waals surface area contributed by atoms with Gasteiger partial charge in [-0.25, -0.2) is 0 Å². The first-order valence-electron chi connectivity index (χ1n) is 5.78. The van der Waals surface area contributed by atoms with Crippen molar-refractivity contribution in [2.75, 3.05) is 6.61 Å². The van der Waals surface area contributed by atoms with Crippen LogP contribution in [0.1, 0.15) is 18.9 Å². The highest BCUT2D eigenvalue weighted by atomic mass is 16.7. The van der Waals surface area contributed by atoms with Crippen molar-refractivity contribution < 1.29 is 24.5 Å². The summed E-state index contributed by atoms with van der Waals surface area (Å²) < 4.78 is 11.1. The van der Waals surface area contributed by atoms with Crippen LogP contribution in [0.5, 0.6) is 5.75 Å². The quantitative estimate of drug-likeness (QED) is 0.850. The lowest BCUT2D eigenvalue weighted by atomic mass is 10.1. The molecule has 0 aliphatic carbocycles. The predicted octanol–water partition coefficient (Wildman–Crippen LogP) is 1.54. The average molecular weight is 252 g/mol. The zero-order chi connectivity index (χ0) is 13.2. The van der Waals surface area contributed by atoms with Crippen LogP contribution in [0.2, 0.25) is 0 Å². The number of rotatable bonds is 4. The standard InChI is InChI=1S/C13H16O5/c1-13(7-9-3-2-4-10(14)5-9)17-8-11(18-13)6-12(15)16/h2-5,11,14H,6-8H2,1H3,(H,15,16). The molecule has 2 unspecified atom stereocenters. The molecule has 18 heavy (non-hydrogen) atoms. The number of aliphatic carboxylic acids is 1. The maximum atomic E-state index is 10.6. The number of aromatic hydroxyl groups is 1. The van der Waals surface area contributed by atoms with Crippen LogP contribution in [0, 0.1) is 0 Å². The Morgan fingerprint density at radius 3 is 3.00 bits per heavy atom. The van der Waals surface area contributed by atoms with E-state index >= 15 is 0 Å². The summed E-state index contributed by atoms with van der Waals surface area (Å²) in [6, 6.07) is 6.85. The molecule has 5 heteroatoms. The molecular weight excluding hydrogens is 236 g/mol. The normalized spacial score (nSPS) is 27.3. The molecule has 0 spiro atoms. The molecule has 1 fully saturated rings. The van der Waals surface area contributed by atoms with Crippen molar-refractivity contribution in [2.45, 2.75) is 31.7 Å². The van der Waals surface area contributed by atoms with E-state index in [1.54, 1.807) is 25.1 Å². The SMILES string of the molecule is CC1(Cc2cccc(O)c2)OCC(CC(=O)O)O1. The number of carboxylic acids is 1. The maximum Gasteiger partial charge on any atom is 0.306 e. The minimum absolute atomic E-state index is 0.0599. The molecule has 5 nitrogen and oxygen atoms in total. The van der Waals surface area contributed by atoms with E-state index in [0.29, 0.717) is 6.42 Å². The number of carboxylic acid groups (broad SMARTS) is 1. The van der Waals surface area contributed by atoms with Gasteiger partial charge >= 0.3 is 5.97 Å². The van der Waals surface area contributed by atoms with E-state index in [4.69, 9.17) is 14.6 Å². The Hall–Kier alpha value is -1.59. The summed E-state index contributed by atoms with van der Waals surface area (Å²) >= 11 is 0. The van der Waals surface area contributed by atoms with Gasteiger partial charge in [-0.15, -0.1) is 0 Å². The van der Waals surface area contributed by atoms with Gasteiger partial charge in [-0.1, -0.05) is 12.1 Å². The van der Waals surface area contributed by atoms with E-state index in [9.17, 15) is 9.90 Å².